The van der Waals surface area contributed by atoms with Crippen LogP contribution in [0.5, 0.6) is 0 Å². The highest BCUT2D eigenvalue weighted by atomic mass is 19.1. The van der Waals surface area contributed by atoms with E-state index in [4.69, 9.17) is 0 Å². The second kappa shape index (κ2) is 10.3. The maximum atomic E-state index is 13.6. The number of benzene rings is 2. The molecule has 6 rings (SSSR count). The van der Waals surface area contributed by atoms with Gasteiger partial charge in [0.05, 0.1) is 11.6 Å². The maximum Gasteiger partial charge on any atom is 0.253 e. The zero-order valence-electron chi connectivity index (χ0n) is 22.0. The SMILES string of the molecule is Cc1cc(C)c2[nH]c(=O)c([C@H](c3nnnn3C3CCCCC3)N3CCN(c4ccc(F)cc4)CC3)cc2c1. The summed E-state index contributed by atoms with van der Waals surface area (Å²) in [7, 11) is 0. The predicted molar refractivity (Wildman–Crippen MR) is 146 cm³/mol. The van der Waals surface area contributed by atoms with Crippen molar-refractivity contribution in [3.05, 3.63) is 81.2 Å². The van der Waals surface area contributed by atoms with Crippen molar-refractivity contribution in [3.63, 3.8) is 0 Å². The molecule has 0 spiro atoms. The zero-order valence-corrected chi connectivity index (χ0v) is 22.0. The summed E-state index contributed by atoms with van der Waals surface area (Å²) in [6, 6.07) is 12.8. The lowest BCUT2D eigenvalue weighted by molar-refractivity contribution is 0.192. The van der Waals surface area contributed by atoms with E-state index in [0.717, 1.165) is 72.6 Å². The van der Waals surface area contributed by atoms with E-state index in [-0.39, 0.29) is 23.5 Å². The minimum Gasteiger partial charge on any atom is -0.369 e. The third kappa shape index (κ3) is 4.71. The van der Waals surface area contributed by atoms with Crippen molar-refractivity contribution in [1.29, 1.82) is 0 Å². The van der Waals surface area contributed by atoms with E-state index in [1.54, 1.807) is 0 Å². The van der Waals surface area contributed by atoms with Gasteiger partial charge in [-0.05, 0) is 84.5 Å². The standard InChI is InChI=1S/C29H34FN7O/c1-19-16-20(2)26-21(17-19)18-25(29(38)31-26)27(28-32-33-34-37(28)24-6-4-3-5-7-24)36-14-12-35(13-15-36)23-10-8-22(30)9-11-23/h8-11,16-18,24,27H,3-7,12-15H2,1-2H3,(H,31,38)/t27-/m1/s1. The van der Waals surface area contributed by atoms with Crippen LogP contribution in [0.15, 0.2) is 47.3 Å². The lowest BCUT2D eigenvalue weighted by Gasteiger charge is -2.40. The second-order valence-electron chi connectivity index (χ2n) is 10.8. The average Bonchev–Trinajstić information content (AvgIpc) is 3.40. The Morgan fingerprint density at radius 1 is 0.974 bits per heavy atom. The summed E-state index contributed by atoms with van der Waals surface area (Å²) < 4.78 is 15.5. The summed E-state index contributed by atoms with van der Waals surface area (Å²) in [4.78, 5) is 21.4. The van der Waals surface area contributed by atoms with E-state index in [2.05, 4.69) is 49.4 Å². The molecule has 2 fully saturated rings. The monoisotopic (exact) mass is 515 g/mol. The van der Waals surface area contributed by atoms with E-state index in [9.17, 15) is 9.18 Å². The highest BCUT2D eigenvalue weighted by molar-refractivity contribution is 5.83. The van der Waals surface area contributed by atoms with Gasteiger partial charge in [-0.25, -0.2) is 9.07 Å². The van der Waals surface area contributed by atoms with Gasteiger partial charge in [0.25, 0.3) is 5.56 Å². The largest absolute Gasteiger partial charge is 0.369 e. The normalized spacial score (nSPS) is 18.2. The number of hydrogen-bond donors (Lipinski definition) is 1. The van der Waals surface area contributed by atoms with Crippen LogP contribution in [0.3, 0.4) is 0 Å². The molecule has 0 bridgehead atoms. The Balaban J connectivity index is 1.40. The van der Waals surface area contributed by atoms with Gasteiger partial charge in [0.15, 0.2) is 5.82 Å². The molecule has 1 saturated carbocycles. The molecule has 2 aromatic carbocycles. The first kappa shape index (κ1) is 24.7. The Bertz CT molecular complexity index is 1480. The van der Waals surface area contributed by atoms with E-state index in [1.165, 1.54) is 31.4 Å². The predicted octanol–water partition coefficient (Wildman–Crippen LogP) is 4.69. The van der Waals surface area contributed by atoms with Crippen molar-refractivity contribution in [1.82, 2.24) is 30.1 Å². The first-order chi connectivity index (χ1) is 18.5. The summed E-state index contributed by atoms with van der Waals surface area (Å²) in [6.07, 6.45) is 5.68. The molecule has 9 heteroatoms. The Labute approximate surface area is 221 Å². The summed E-state index contributed by atoms with van der Waals surface area (Å²) in [5.74, 6) is 0.504. The molecule has 1 aliphatic carbocycles. The first-order valence-electron chi connectivity index (χ1n) is 13.6. The molecule has 1 aliphatic heterocycles. The van der Waals surface area contributed by atoms with Gasteiger partial charge < -0.3 is 9.88 Å². The number of fused-ring (bicyclic) bond motifs is 1. The van der Waals surface area contributed by atoms with Crippen molar-refractivity contribution in [2.45, 2.75) is 58.0 Å². The summed E-state index contributed by atoms with van der Waals surface area (Å²) in [6.45, 7) is 7.08. The van der Waals surface area contributed by atoms with Crippen LogP contribution in [0.2, 0.25) is 0 Å². The van der Waals surface area contributed by atoms with Crippen molar-refractivity contribution in [2.24, 2.45) is 0 Å². The van der Waals surface area contributed by atoms with Crippen molar-refractivity contribution < 1.29 is 4.39 Å². The summed E-state index contributed by atoms with van der Waals surface area (Å²) in [5.41, 5.74) is 4.66. The average molecular weight is 516 g/mol. The number of hydrogen-bond acceptors (Lipinski definition) is 6. The number of aromatic amines is 1. The third-order valence-corrected chi connectivity index (χ3v) is 8.17. The van der Waals surface area contributed by atoms with E-state index < -0.39 is 0 Å². The van der Waals surface area contributed by atoms with E-state index in [0.29, 0.717) is 5.56 Å². The summed E-state index contributed by atoms with van der Waals surface area (Å²) in [5, 5.41) is 14.1. The molecule has 1 N–H and O–H groups in total. The van der Waals surface area contributed by atoms with Gasteiger partial charge in [0.2, 0.25) is 0 Å². The molecular weight excluding hydrogens is 481 g/mol. The number of anilines is 1. The van der Waals surface area contributed by atoms with Crippen LogP contribution in [-0.2, 0) is 0 Å². The molecule has 0 radical (unpaired) electrons. The van der Waals surface area contributed by atoms with Gasteiger partial charge in [-0.3, -0.25) is 9.69 Å². The van der Waals surface area contributed by atoms with Crippen LogP contribution >= 0.6 is 0 Å². The highest BCUT2D eigenvalue weighted by Crippen LogP contribution is 2.34. The zero-order chi connectivity index (χ0) is 26.2. The Hall–Kier alpha value is -3.59. The number of rotatable bonds is 5. The Morgan fingerprint density at radius 3 is 2.45 bits per heavy atom. The van der Waals surface area contributed by atoms with E-state index in [1.807, 2.05) is 29.8 Å². The van der Waals surface area contributed by atoms with Crippen LogP contribution < -0.4 is 10.5 Å². The molecule has 1 atom stereocenters. The van der Waals surface area contributed by atoms with Crippen molar-refractivity contribution in [2.75, 3.05) is 31.1 Å². The van der Waals surface area contributed by atoms with E-state index >= 15 is 0 Å². The number of piperazine rings is 1. The molecule has 0 unspecified atom stereocenters. The molecule has 2 aromatic heterocycles. The maximum absolute atomic E-state index is 13.6. The third-order valence-electron chi connectivity index (χ3n) is 8.17. The molecule has 8 nitrogen and oxygen atoms in total. The van der Waals surface area contributed by atoms with Gasteiger partial charge >= 0.3 is 0 Å². The number of tetrazole rings is 1. The van der Waals surface area contributed by atoms with Gasteiger partial charge in [-0.2, -0.15) is 0 Å². The summed E-state index contributed by atoms with van der Waals surface area (Å²) >= 11 is 0. The molecule has 0 amide bonds. The quantitative estimate of drug-likeness (QED) is 0.415. The number of nitrogens with one attached hydrogen (secondary N) is 1. The molecule has 2 aliphatic rings. The number of nitrogens with zero attached hydrogens (tertiary/aromatic N) is 6. The van der Waals surface area contributed by atoms with Crippen LogP contribution in [0.4, 0.5) is 10.1 Å². The minimum absolute atomic E-state index is 0.103. The lowest BCUT2D eigenvalue weighted by atomic mass is 9.95. The van der Waals surface area contributed by atoms with Gasteiger partial charge in [0.1, 0.15) is 11.9 Å². The topological polar surface area (TPSA) is 82.9 Å². The second-order valence-corrected chi connectivity index (χ2v) is 10.8. The molecule has 198 valence electrons. The molecule has 3 heterocycles. The van der Waals surface area contributed by atoms with Crippen molar-refractivity contribution in [3.8, 4) is 0 Å². The fourth-order valence-electron chi connectivity index (χ4n) is 6.26. The molecule has 1 saturated heterocycles. The Morgan fingerprint density at radius 2 is 1.71 bits per heavy atom. The van der Waals surface area contributed by atoms with Gasteiger partial charge in [0, 0.05) is 37.4 Å². The van der Waals surface area contributed by atoms with Crippen molar-refractivity contribution >= 4 is 16.6 Å². The Kier molecular flexibility index (Phi) is 6.69. The number of halogens is 1. The fourth-order valence-corrected chi connectivity index (χ4v) is 6.26. The van der Waals surface area contributed by atoms with Crippen LogP contribution in [0.25, 0.3) is 10.9 Å². The number of aryl methyl sites for hydroxylation is 2. The van der Waals surface area contributed by atoms with Gasteiger partial charge in [-0.15, -0.1) is 5.10 Å². The molecule has 4 aromatic rings. The van der Waals surface area contributed by atoms with Crippen LogP contribution in [0.1, 0.15) is 66.7 Å². The van der Waals surface area contributed by atoms with Gasteiger partial charge in [-0.1, -0.05) is 30.9 Å². The van der Waals surface area contributed by atoms with Crippen LogP contribution in [0, 0.1) is 19.7 Å². The lowest BCUT2D eigenvalue weighted by Crippen LogP contribution is -2.49. The minimum atomic E-state index is -0.365. The number of H-pyrrole nitrogens is 1. The van der Waals surface area contributed by atoms with Crippen LogP contribution in [-0.4, -0.2) is 56.3 Å². The number of pyridine rings is 1. The first-order valence-corrected chi connectivity index (χ1v) is 13.6. The molecule has 38 heavy (non-hydrogen) atoms. The number of aromatic nitrogens is 5. The smallest absolute Gasteiger partial charge is 0.253 e. The fraction of sp³-hybridized carbons (Fsp3) is 0.448. The molecular formula is C29H34FN7O. The highest BCUT2D eigenvalue weighted by Gasteiger charge is 2.34.